The number of halogens is 7. The Bertz CT molecular complexity index is 1150. The van der Waals surface area contributed by atoms with Crippen LogP contribution in [0.25, 0.3) is 0 Å². The Morgan fingerprint density at radius 2 is 1.56 bits per heavy atom. The quantitative estimate of drug-likeness (QED) is 0.530. The fraction of sp³-hybridized carbons (Fsp3) is 0.409. The Hall–Kier alpha value is -2.63. The zero-order valence-electron chi connectivity index (χ0n) is 17.5. The molecule has 4 nitrogen and oxygen atoms in total. The monoisotopic (exact) mass is 511 g/mol. The molecule has 1 aliphatic carbocycles. The van der Waals surface area contributed by atoms with Gasteiger partial charge >= 0.3 is 12.4 Å². The second-order valence-corrected chi connectivity index (χ2v) is 10.3. The van der Waals surface area contributed by atoms with Crippen molar-refractivity contribution >= 4 is 15.7 Å². The number of sulfone groups is 1. The maximum absolute atomic E-state index is 13.4. The van der Waals surface area contributed by atoms with Crippen molar-refractivity contribution in [2.75, 3.05) is 6.54 Å². The van der Waals surface area contributed by atoms with Gasteiger partial charge in [0.05, 0.1) is 21.3 Å². The van der Waals surface area contributed by atoms with E-state index < -0.39 is 55.2 Å². The largest absolute Gasteiger partial charge is 0.419 e. The summed E-state index contributed by atoms with van der Waals surface area (Å²) in [5.74, 6) is -2.49. The van der Waals surface area contributed by atoms with Crippen LogP contribution >= 0.6 is 0 Å². The summed E-state index contributed by atoms with van der Waals surface area (Å²) in [6.45, 7) is 0.0634. The molecule has 0 unspecified atom stereocenters. The summed E-state index contributed by atoms with van der Waals surface area (Å²) in [6.07, 6.45) is -8.61. The van der Waals surface area contributed by atoms with E-state index in [9.17, 15) is 43.9 Å². The molecule has 0 heterocycles. The molecule has 0 saturated heterocycles. The number of benzene rings is 2. The van der Waals surface area contributed by atoms with Crippen LogP contribution in [0, 0.1) is 11.7 Å². The highest BCUT2D eigenvalue weighted by molar-refractivity contribution is 7.92. The van der Waals surface area contributed by atoms with Gasteiger partial charge in [0.2, 0.25) is 0 Å². The van der Waals surface area contributed by atoms with Crippen molar-refractivity contribution in [3.63, 3.8) is 0 Å². The standard InChI is InChI=1S/C22H20F7NO3S/c23-19-9-6-14(10-18(19)22(27,28)29)20(31)30-12-13-4-7-16(8-5-13)34(32,33)17-3-1-2-15(11-17)21(24,25)26/h1-3,6,9-11,13,16H,4-5,7-8,12H2,(H,30,31). The molecule has 1 aliphatic rings. The van der Waals surface area contributed by atoms with Crippen LogP contribution in [0.1, 0.15) is 47.2 Å². The fourth-order valence-electron chi connectivity index (χ4n) is 3.91. The Morgan fingerprint density at radius 3 is 2.15 bits per heavy atom. The number of rotatable bonds is 5. The molecule has 0 bridgehead atoms. The molecule has 0 spiro atoms. The van der Waals surface area contributed by atoms with Gasteiger partial charge in [0.25, 0.3) is 5.91 Å². The second kappa shape index (κ2) is 9.55. The summed E-state index contributed by atoms with van der Waals surface area (Å²) >= 11 is 0. The van der Waals surface area contributed by atoms with Crippen LogP contribution in [-0.2, 0) is 22.2 Å². The van der Waals surface area contributed by atoms with Gasteiger partial charge in [-0.3, -0.25) is 4.79 Å². The van der Waals surface area contributed by atoms with Gasteiger partial charge in [0.15, 0.2) is 9.84 Å². The van der Waals surface area contributed by atoms with Crippen molar-refractivity contribution < 1.29 is 43.9 Å². The molecular formula is C22H20F7NO3S. The Kier molecular flexibility index (Phi) is 7.30. The van der Waals surface area contributed by atoms with E-state index >= 15 is 0 Å². The third-order valence-electron chi connectivity index (χ3n) is 5.81. The van der Waals surface area contributed by atoms with Crippen LogP contribution in [0.4, 0.5) is 30.7 Å². The van der Waals surface area contributed by atoms with Crippen LogP contribution in [0.3, 0.4) is 0 Å². The first-order valence-corrected chi connectivity index (χ1v) is 11.8. The van der Waals surface area contributed by atoms with Crippen LogP contribution in [-0.4, -0.2) is 26.1 Å². The SMILES string of the molecule is O=C(NCC1CCC(S(=O)(=O)c2cccc(C(F)(F)F)c2)CC1)c1ccc(F)c(C(F)(F)F)c1. The van der Waals surface area contributed by atoms with E-state index in [4.69, 9.17) is 0 Å². The van der Waals surface area contributed by atoms with Gasteiger partial charge in [-0.25, -0.2) is 12.8 Å². The Balaban J connectivity index is 1.59. The van der Waals surface area contributed by atoms with Crippen molar-refractivity contribution in [2.45, 2.75) is 48.2 Å². The minimum Gasteiger partial charge on any atom is -0.352 e. The van der Waals surface area contributed by atoms with Gasteiger partial charge in [0.1, 0.15) is 5.82 Å². The predicted octanol–water partition coefficient (Wildman–Crippen LogP) is 5.63. The molecule has 1 fully saturated rings. The summed E-state index contributed by atoms with van der Waals surface area (Å²) in [5, 5.41) is 1.59. The summed E-state index contributed by atoms with van der Waals surface area (Å²) in [7, 11) is -3.99. The van der Waals surface area contributed by atoms with Gasteiger partial charge in [-0.15, -0.1) is 0 Å². The van der Waals surface area contributed by atoms with Gasteiger partial charge in [-0.2, -0.15) is 26.3 Å². The average molecular weight is 511 g/mol. The Labute approximate surface area is 191 Å². The number of carbonyl (C=O) groups excluding carboxylic acids is 1. The topological polar surface area (TPSA) is 63.2 Å². The highest BCUT2D eigenvalue weighted by Gasteiger charge is 2.36. The van der Waals surface area contributed by atoms with Crippen molar-refractivity contribution in [1.29, 1.82) is 0 Å². The zero-order valence-corrected chi connectivity index (χ0v) is 18.3. The lowest BCUT2D eigenvalue weighted by molar-refractivity contribution is -0.140. The minimum absolute atomic E-state index is 0.0634. The summed E-state index contributed by atoms with van der Waals surface area (Å²) in [4.78, 5) is 11.8. The second-order valence-electron chi connectivity index (χ2n) is 8.12. The van der Waals surface area contributed by atoms with Gasteiger partial charge in [-0.1, -0.05) is 6.07 Å². The number of hydrogen-bond donors (Lipinski definition) is 1. The van der Waals surface area contributed by atoms with Crippen LogP contribution < -0.4 is 5.32 Å². The third-order valence-corrected chi connectivity index (χ3v) is 8.07. The molecule has 0 aliphatic heterocycles. The molecule has 34 heavy (non-hydrogen) atoms. The molecular weight excluding hydrogens is 491 g/mol. The first-order chi connectivity index (χ1) is 15.7. The van der Waals surface area contributed by atoms with E-state index in [2.05, 4.69) is 5.32 Å². The first-order valence-electron chi connectivity index (χ1n) is 10.3. The van der Waals surface area contributed by atoms with Gasteiger partial charge in [-0.05, 0) is 68.0 Å². The minimum atomic E-state index is -4.95. The smallest absolute Gasteiger partial charge is 0.352 e. The normalized spacial score (nSPS) is 19.6. The van der Waals surface area contributed by atoms with Crippen LogP contribution in [0.15, 0.2) is 47.4 Å². The molecule has 1 saturated carbocycles. The number of alkyl halides is 6. The van der Waals surface area contributed by atoms with Crippen LogP contribution in [0.2, 0.25) is 0 Å². The third kappa shape index (κ3) is 5.89. The van der Waals surface area contributed by atoms with Gasteiger partial charge in [0, 0.05) is 12.1 Å². The van der Waals surface area contributed by atoms with Crippen LogP contribution in [0.5, 0.6) is 0 Å². The summed E-state index contributed by atoms with van der Waals surface area (Å²) < 4.78 is 116. The van der Waals surface area contributed by atoms with E-state index in [0.29, 0.717) is 31.0 Å². The molecule has 0 atom stereocenters. The fourth-order valence-corrected chi connectivity index (χ4v) is 5.75. The Morgan fingerprint density at radius 1 is 0.912 bits per heavy atom. The predicted molar refractivity (Wildman–Crippen MR) is 108 cm³/mol. The number of amides is 1. The van der Waals surface area contributed by atoms with Crippen molar-refractivity contribution in [3.8, 4) is 0 Å². The molecule has 1 amide bonds. The molecule has 186 valence electrons. The summed E-state index contributed by atoms with van der Waals surface area (Å²) in [6, 6.07) is 5.46. The zero-order chi connectivity index (χ0) is 25.3. The highest BCUT2D eigenvalue weighted by atomic mass is 32.2. The molecule has 2 aromatic carbocycles. The average Bonchev–Trinajstić information content (AvgIpc) is 2.77. The number of nitrogens with one attached hydrogen (secondary N) is 1. The number of hydrogen-bond acceptors (Lipinski definition) is 3. The lowest BCUT2D eigenvalue weighted by atomic mass is 9.89. The maximum Gasteiger partial charge on any atom is 0.419 e. The lowest BCUT2D eigenvalue weighted by Crippen LogP contribution is -2.34. The molecule has 1 N–H and O–H groups in total. The molecule has 3 rings (SSSR count). The molecule has 0 radical (unpaired) electrons. The van der Waals surface area contributed by atoms with Crippen molar-refractivity contribution in [1.82, 2.24) is 5.32 Å². The van der Waals surface area contributed by atoms with Crippen molar-refractivity contribution in [3.05, 3.63) is 65.0 Å². The van der Waals surface area contributed by atoms with E-state index in [0.717, 1.165) is 24.3 Å². The van der Waals surface area contributed by atoms with Gasteiger partial charge < -0.3 is 5.32 Å². The molecule has 0 aromatic heterocycles. The van der Waals surface area contributed by atoms with E-state index in [-0.39, 0.29) is 30.9 Å². The van der Waals surface area contributed by atoms with Crippen molar-refractivity contribution in [2.24, 2.45) is 5.92 Å². The highest BCUT2D eigenvalue weighted by Crippen LogP contribution is 2.35. The maximum atomic E-state index is 13.4. The number of carbonyl (C=O) groups is 1. The van der Waals surface area contributed by atoms with E-state index in [1.165, 1.54) is 0 Å². The molecule has 12 heteroatoms. The van der Waals surface area contributed by atoms with E-state index in [1.54, 1.807) is 0 Å². The van der Waals surface area contributed by atoms with E-state index in [1.807, 2.05) is 0 Å². The summed E-state index contributed by atoms with van der Waals surface area (Å²) in [5.41, 5.74) is -2.98. The lowest BCUT2D eigenvalue weighted by Gasteiger charge is -2.28. The first kappa shape index (κ1) is 26.0. The molecule has 2 aromatic rings.